The van der Waals surface area contributed by atoms with Gasteiger partial charge < -0.3 is 33.3 Å². The van der Waals surface area contributed by atoms with Gasteiger partial charge in [0.25, 0.3) is 5.91 Å². The Morgan fingerprint density at radius 1 is 0.697 bits per heavy atom. The van der Waals surface area contributed by atoms with E-state index in [-0.39, 0.29) is 46.2 Å². The number of rotatable bonds is 10. The second-order valence-electron chi connectivity index (χ2n) is 6.73. The fourth-order valence-electron chi connectivity index (χ4n) is 3.15. The number of benzene rings is 2. The molecule has 2 aromatic rings. The van der Waals surface area contributed by atoms with Gasteiger partial charge in [-0.3, -0.25) is 14.4 Å². The molecule has 0 spiro atoms. The van der Waals surface area contributed by atoms with Gasteiger partial charge in [-0.15, -0.1) is 0 Å². The molecule has 0 saturated heterocycles. The summed E-state index contributed by atoms with van der Waals surface area (Å²) in [5.74, 6) is -0.342. The SMILES string of the molecule is COC(=O)CN(C)C(=O)c1cc(OC)c(OC)cc1C(=O)c1cc(OC)c(OC)c(OC)c1. The van der Waals surface area contributed by atoms with E-state index in [1.54, 1.807) is 0 Å². The predicted molar refractivity (Wildman–Crippen MR) is 118 cm³/mol. The van der Waals surface area contributed by atoms with Crippen LogP contribution in [0.2, 0.25) is 0 Å². The Bertz CT molecular complexity index is 1020. The molecule has 0 aliphatic heterocycles. The van der Waals surface area contributed by atoms with Gasteiger partial charge in [-0.1, -0.05) is 0 Å². The van der Waals surface area contributed by atoms with E-state index < -0.39 is 17.7 Å². The highest BCUT2D eigenvalue weighted by atomic mass is 16.5. The zero-order valence-electron chi connectivity index (χ0n) is 19.6. The van der Waals surface area contributed by atoms with Crippen LogP contribution in [-0.2, 0) is 9.53 Å². The van der Waals surface area contributed by atoms with Crippen LogP contribution in [0, 0.1) is 0 Å². The molecule has 0 aliphatic carbocycles. The molecular formula is C23H27NO9. The van der Waals surface area contributed by atoms with Crippen molar-refractivity contribution in [1.82, 2.24) is 4.90 Å². The van der Waals surface area contributed by atoms with E-state index in [9.17, 15) is 14.4 Å². The zero-order chi connectivity index (χ0) is 24.7. The molecule has 0 heterocycles. The van der Waals surface area contributed by atoms with Gasteiger partial charge in [-0.25, -0.2) is 0 Å². The molecule has 0 bridgehead atoms. The molecule has 0 unspecified atom stereocenters. The molecule has 0 saturated carbocycles. The minimum absolute atomic E-state index is 0.0119. The van der Waals surface area contributed by atoms with Crippen LogP contribution in [-0.4, -0.2) is 78.8 Å². The van der Waals surface area contributed by atoms with Crippen molar-refractivity contribution in [3.05, 3.63) is 41.0 Å². The summed E-state index contributed by atoms with van der Waals surface area (Å²) in [7, 11) is 9.77. The van der Waals surface area contributed by atoms with Crippen molar-refractivity contribution < 1.29 is 42.8 Å². The molecule has 0 aliphatic rings. The van der Waals surface area contributed by atoms with E-state index in [4.69, 9.17) is 23.7 Å². The highest BCUT2D eigenvalue weighted by Crippen LogP contribution is 2.39. The van der Waals surface area contributed by atoms with E-state index in [0.717, 1.165) is 4.90 Å². The number of amides is 1. The lowest BCUT2D eigenvalue weighted by molar-refractivity contribution is -0.141. The smallest absolute Gasteiger partial charge is 0.325 e. The first-order valence-corrected chi connectivity index (χ1v) is 9.69. The van der Waals surface area contributed by atoms with Crippen LogP contribution in [0.1, 0.15) is 26.3 Å². The van der Waals surface area contributed by atoms with Gasteiger partial charge >= 0.3 is 5.97 Å². The number of hydrogen-bond acceptors (Lipinski definition) is 9. The molecule has 33 heavy (non-hydrogen) atoms. The first-order chi connectivity index (χ1) is 15.8. The highest BCUT2D eigenvalue weighted by molar-refractivity contribution is 6.16. The van der Waals surface area contributed by atoms with Gasteiger partial charge in [-0.05, 0) is 24.3 Å². The molecule has 0 atom stereocenters. The van der Waals surface area contributed by atoms with Crippen LogP contribution < -0.4 is 23.7 Å². The summed E-state index contributed by atoms with van der Waals surface area (Å²) < 4.78 is 31.2. The standard InChI is InChI=1S/C23H27NO9/c1-24(12-20(25)32-6)23(27)15-11-17(29-3)16(28-2)10-14(15)21(26)13-8-18(30-4)22(33-7)19(9-13)31-5/h8-11H,12H2,1-7H3. The monoisotopic (exact) mass is 461 g/mol. The van der Waals surface area contributed by atoms with Crippen LogP contribution >= 0.6 is 0 Å². The van der Waals surface area contributed by atoms with Gasteiger partial charge in [0.2, 0.25) is 5.75 Å². The molecule has 2 aromatic carbocycles. The van der Waals surface area contributed by atoms with Crippen LogP contribution in [0.4, 0.5) is 0 Å². The molecule has 0 aromatic heterocycles. The lowest BCUT2D eigenvalue weighted by Gasteiger charge is -2.20. The van der Waals surface area contributed by atoms with Crippen molar-refractivity contribution in [2.45, 2.75) is 0 Å². The first kappa shape index (κ1) is 25.3. The summed E-state index contributed by atoms with van der Waals surface area (Å²) in [5, 5.41) is 0. The predicted octanol–water partition coefficient (Wildman–Crippen LogP) is 2.21. The number of carbonyl (C=O) groups excluding carboxylic acids is 3. The van der Waals surface area contributed by atoms with Gasteiger partial charge in [-0.2, -0.15) is 0 Å². The van der Waals surface area contributed by atoms with Gasteiger partial charge in [0.15, 0.2) is 28.8 Å². The van der Waals surface area contributed by atoms with Crippen molar-refractivity contribution >= 4 is 17.7 Å². The average molecular weight is 461 g/mol. The molecule has 0 fully saturated rings. The minimum Gasteiger partial charge on any atom is -0.493 e. The Balaban J connectivity index is 2.68. The fraction of sp³-hybridized carbons (Fsp3) is 0.348. The number of methoxy groups -OCH3 is 6. The normalized spacial score (nSPS) is 10.2. The second-order valence-corrected chi connectivity index (χ2v) is 6.73. The third-order valence-corrected chi connectivity index (χ3v) is 4.87. The first-order valence-electron chi connectivity index (χ1n) is 9.69. The second kappa shape index (κ2) is 11.1. The van der Waals surface area contributed by atoms with E-state index in [1.165, 1.54) is 74.0 Å². The largest absolute Gasteiger partial charge is 0.493 e. The lowest BCUT2D eigenvalue weighted by Crippen LogP contribution is -2.33. The van der Waals surface area contributed by atoms with Crippen LogP contribution in [0.3, 0.4) is 0 Å². The molecule has 10 heteroatoms. The number of ether oxygens (including phenoxy) is 6. The van der Waals surface area contributed by atoms with Crippen LogP contribution in [0.5, 0.6) is 28.7 Å². The topological polar surface area (TPSA) is 110 Å². The summed E-state index contributed by atoms with van der Waals surface area (Å²) in [6, 6.07) is 5.75. The zero-order valence-corrected chi connectivity index (χ0v) is 19.6. The molecular weight excluding hydrogens is 434 g/mol. The summed E-state index contributed by atoms with van der Waals surface area (Å²) in [6.07, 6.45) is 0. The van der Waals surface area contributed by atoms with Gasteiger partial charge in [0, 0.05) is 18.2 Å². The van der Waals surface area contributed by atoms with Crippen molar-refractivity contribution in [2.75, 3.05) is 56.3 Å². The lowest BCUT2D eigenvalue weighted by atomic mass is 9.96. The van der Waals surface area contributed by atoms with Gasteiger partial charge in [0.1, 0.15) is 6.54 Å². The third-order valence-electron chi connectivity index (χ3n) is 4.87. The number of hydrogen-bond donors (Lipinski definition) is 0. The summed E-state index contributed by atoms with van der Waals surface area (Å²) in [4.78, 5) is 39.5. The maximum Gasteiger partial charge on any atom is 0.325 e. The molecule has 0 radical (unpaired) electrons. The number of carbonyl (C=O) groups is 3. The fourth-order valence-corrected chi connectivity index (χ4v) is 3.15. The molecule has 0 N–H and O–H groups in total. The number of ketones is 1. The van der Waals surface area contributed by atoms with Crippen molar-refractivity contribution in [3.8, 4) is 28.7 Å². The number of esters is 1. The number of nitrogens with zero attached hydrogens (tertiary/aromatic N) is 1. The van der Waals surface area contributed by atoms with Gasteiger partial charge in [0.05, 0.1) is 48.2 Å². The quantitative estimate of drug-likeness (QED) is 0.388. The van der Waals surface area contributed by atoms with Crippen molar-refractivity contribution in [1.29, 1.82) is 0 Å². The average Bonchev–Trinajstić information content (AvgIpc) is 2.85. The van der Waals surface area contributed by atoms with E-state index >= 15 is 0 Å². The Morgan fingerprint density at radius 3 is 1.61 bits per heavy atom. The van der Waals surface area contributed by atoms with E-state index in [2.05, 4.69) is 4.74 Å². The molecule has 10 nitrogen and oxygen atoms in total. The number of likely N-dealkylation sites (N-methyl/N-ethyl adjacent to an activating group) is 1. The Labute approximate surface area is 191 Å². The van der Waals surface area contributed by atoms with Crippen molar-refractivity contribution in [2.24, 2.45) is 0 Å². The highest BCUT2D eigenvalue weighted by Gasteiger charge is 2.27. The maximum atomic E-state index is 13.6. The maximum absolute atomic E-state index is 13.6. The Morgan fingerprint density at radius 2 is 1.18 bits per heavy atom. The molecule has 1 amide bonds. The molecule has 2 rings (SSSR count). The van der Waals surface area contributed by atoms with Crippen molar-refractivity contribution in [3.63, 3.8) is 0 Å². The third kappa shape index (κ3) is 5.28. The van der Waals surface area contributed by atoms with Crippen LogP contribution in [0.15, 0.2) is 24.3 Å². The summed E-state index contributed by atoms with van der Waals surface area (Å²) >= 11 is 0. The Kier molecular flexibility index (Phi) is 8.49. The summed E-state index contributed by atoms with van der Waals surface area (Å²) in [5.41, 5.74) is 0.225. The van der Waals surface area contributed by atoms with E-state index in [1.807, 2.05) is 0 Å². The molecule has 178 valence electrons. The van der Waals surface area contributed by atoms with Crippen LogP contribution in [0.25, 0.3) is 0 Å². The minimum atomic E-state index is -0.608. The Hall–Kier alpha value is -3.95. The van der Waals surface area contributed by atoms with E-state index in [0.29, 0.717) is 5.75 Å². The summed E-state index contributed by atoms with van der Waals surface area (Å²) in [6.45, 7) is -0.304.